The Morgan fingerprint density at radius 1 is 1.12 bits per heavy atom. The highest BCUT2D eigenvalue weighted by Crippen LogP contribution is 2.41. The molecule has 4 atom stereocenters. The van der Waals surface area contributed by atoms with Gasteiger partial charge in [0.25, 0.3) is 0 Å². The number of aliphatic hydroxyl groups excluding tert-OH is 1. The third kappa shape index (κ3) is 3.27. The van der Waals surface area contributed by atoms with Crippen LogP contribution in [-0.4, -0.2) is 54.0 Å². The lowest BCUT2D eigenvalue weighted by Crippen LogP contribution is -2.59. The average molecular weight is 342 g/mol. The van der Waals surface area contributed by atoms with Crippen LogP contribution in [0.15, 0.2) is 0 Å². The quantitative estimate of drug-likeness (QED) is 0.829. The third-order valence-electron chi connectivity index (χ3n) is 5.70. The number of ether oxygens (including phenoxy) is 4. The van der Waals surface area contributed by atoms with Crippen LogP contribution >= 0.6 is 0 Å². The summed E-state index contributed by atoms with van der Waals surface area (Å²) >= 11 is 0. The Hall–Kier alpha value is -0.530. The zero-order chi connectivity index (χ0) is 17.6. The number of hydrogen-bond acceptors (Lipinski definition) is 6. The molecule has 0 aromatic carbocycles. The third-order valence-corrected chi connectivity index (χ3v) is 5.70. The van der Waals surface area contributed by atoms with Gasteiger partial charge in [0, 0.05) is 18.3 Å². The van der Waals surface area contributed by atoms with Crippen LogP contribution < -0.4 is 0 Å². The van der Waals surface area contributed by atoms with Crippen molar-refractivity contribution in [3.63, 3.8) is 0 Å². The summed E-state index contributed by atoms with van der Waals surface area (Å²) in [6.45, 7) is 8.00. The number of Topliss-reactive ketones (excluding diaryl/α,β-unsaturated/α-hetero) is 1. The fraction of sp³-hybridized carbons (Fsp3) is 0.944. The molecule has 2 heterocycles. The lowest BCUT2D eigenvalue weighted by Gasteiger charge is -2.47. The van der Waals surface area contributed by atoms with E-state index < -0.39 is 29.9 Å². The first-order valence-corrected chi connectivity index (χ1v) is 9.00. The van der Waals surface area contributed by atoms with Crippen molar-refractivity contribution in [3.05, 3.63) is 0 Å². The predicted molar refractivity (Wildman–Crippen MR) is 86.3 cm³/mol. The van der Waals surface area contributed by atoms with Crippen molar-refractivity contribution in [2.75, 3.05) is 13.2 Å². The van der Waals surface area contributed by atoms with E-state index >= 15 is 0 Å². The van der Waals surface area contributed by atoms with Gasteiger partial charge in [-0.1, -0.05) is 27.2 Å². The van der Waals surface area contributed by atoms with Crippen molar-refractivity contribution in [1.29, 1.82) is 0 Å². The molecule has 138 valence electrons. The summed E-state index contributed by atoms with van der Waals surface area (Å²) in [6, 6.07) is 0. The van der Waals surface area contributed by atoms with Gasteiger partial charge in [0.05, 0.1) is 6.61 Å². The van der Waals surface area contributed by atoms with E-state index in [1.807, 2.05) is 27.7 Å². The number of ketones is 1. The van der Waals surface area contributed by atoms with E-state index in [-0.39, 0.29) is 17.8 Å². The molecule has 1 spiro atoms. The van der Waals surface area contributed by atoms with E-state index in [0.717, 1.165) is 25.7 Å². The Balaban J connectivity index is 1.69. The second-order valence-corrected chi connectivity index (χ2v) is 8.42. The molecule has 0 bridgehead atoms. The number of aliphatic hydroxyl groups is 1. The van der Waals surface area contributed by atoms with Crippen molar-refractivity contribution in [3.8, 4) is 0 Å². The van der Waals surface area contributed by atoms with Gasteiger partial charge in [0.15, 0.2) is 17.4 Å². The van der Waals surface area contributed by atoms with Crippen molar-refractivity contribution in [2.45, 2.75) is 89.7 Å². The van der Waals surface area contributed by atoms with Crippen molar-refractivity contribution in [2.24, 2.45) is 5.41 Å². The number of rotatable bonds is 2. The Kier molecular flexibility index (Phi) is 4.81. The van der Waals surface area contributed by atoms with Crippen LogP contribution in [-0.2, 0) is 23.7 Å². The van der Waals surface area contributed by atoms with Gasteiger partial charge < -0.3 is 24.1 Å². The molecule has 0 amide bonds. The van der Waals surface area contributed by atoms with Crippen LogP contribution in [0.4, 0.5) is 0 Å². The van der Waals surface area contributed by atoms with Crippen molar-refractivity contribution >= 4 is 5.78 Å². The molecule has 24 heavy (non-hydrogen) atoms. The maximum Gasteiger partial charge on any atom is 0.190 e. The average Bonchev–Trinajstić information content (AvgIpc) is 2.92. The van der Waals surface area contributed by atoms with Crippen molar-refractivity contribution < 1.29 is 28.8 Å². The van der Waals surface area contributed by atoms with Crippen molar-refractivity contribution in [1.82, 2.24) is 0 Å². The molecule has 6 nitrogen and oxygen atoms in total. The van der Waals surface area contributed by atoms with Gasteiger partial charge in [0.1, 0.15) is 24.9 Å². The molecule has 3 fully saturated rings. The van der Waals surface area contributed by atoms with Gasteiger partial charge in [-0.25, -0.2) is 0 Å². The summed E-state index contributed by atoms with van der Waals surface area (Å²) in [4.78, 5) is 12.3. The summed E-state index contributed by atoms with van der Waals surface area (Å²) in [6.07, 6.45) is 2.47. The van der Waals surface area contributed by atoms with E-state index in [9.17, 15) is 9.90 Å². The molecule has 1 N–H and O–H groups in total. The molecule has 6 heteroatoms. The Labute approximate surface area is 143 Å². The van der Waals surface area contributed by atoms with Gasteiger partial charge in [-0.05, 0) is 19.8 Å². The number of carbonyl (C=O) groups is 1. The molecule has 3 rings (SSSR count). The molecule has 1 saturated carbocycles. The van der Waals surface area contributed by atoms with Gasteiger partial charge in [-0.2, -0.15) is 0 Å². The summed E-state index contributed by atoms with van der Waals surface area (Å²) in [5, 5.41) is 10.7. The summed E-state index contributed by atoms with van der Waals surface area (Å²) in [7, 11) is 0. The SMILES string of the molecule is CC(C)(C)[C@@]1(C)OCC(=O)[C@@H]([C@H](O)[C@H]2COC3(CCCCC3)O2)O1. The predicted octanol–water partition coefficient (Wildman–Crippen LogP) is 2.17. The number of carbonyl (C=O) groups excluding carboxylic acids is 1. The minimum atomic E-state index is -1.05. The topological polar surface area (TPSA) is 74.2 Å². The highest BCUT2D eigenvalue weighted by molar-refractivity contribution is 5.85. The summed E-state index contributed by atoms with van der Waals surface area (Å²) in [5.41, 5.74) is -0.330. The van der Waals surface area contributed by atoms with Crippen LogP contribution in [0.1, 0.15) is 59.8 Å². The first kappa shape index (κ1) is 18.3. The smallest absolute Gasteiger partial charge is 0.190 e. The van der Waals surface area contributed by atoms with Gasteiger partial charge >= 0.3 is 0 Å². The Morgan fingerprint density at radius 3 is 2.42 bits per heavy atom. The maximum absolute atomic E-state index is 12.3. The molecule has 1 aliphatic carbocycles. The normalized spacial score (nSPS) is 38.5. The molecular weight excluding hydrogens is 312 g/mol. The highest BCUT2D eigenvalue weighted by Gasteiger charge is 2.53. The first-order valence-electron chi connectivity index (χ1n) is 9.00. The van der Waals surface area contributed by atoms with Crippen LogP contribution in [0.2, 0.25) is 0 Å². The molecule has 0 radical (unpaired) electrons. The maximum atomic E-state index is 12.3. The Morgan fingerprint density at radius 2 is 1.79 bits per heavy atom. The van der Waals surface area contributed by atoms with E-state index in [4.69, 9.17) is 18.9 Å². The molecule has 2 saturated heterocycles. The Bertz CT molecular complexity index is 478. The second-order valence-electron chi connectivity index (χ2n) is 8.42. The van der Waals surface area contributed by atoms with Gasteiger partial charge in [0.2, 0.25) is 0 Å². The fourth-order valence-corrected chi connectivity index (χ4v) is 3.58. The van der Waals surface area contributed by atoms with Crippen LogP contribution in [0, 0.1) is 5.41 Å². The molecule has 0 aromatic rings. The first-order chi connectivity index (χ1) is 11.2. The molecule has 0 aromatic heterocycles. The van der Waals surface area contributed by atoms with Gasteiger partial charge in [-0.3, -0.25) is 4.79 Å². The fourth-order valence-electron chi connectivity index (χ4n) is 3.58. The molecular formula is C18H30O6. The van der Waals surface area contributed by atoms with Gasteiger partial charge in [-0.15, -0.1) is 0 Å². The standard InChI is InChI=1S/C18H30O6/c1-16(2,3)17(4)21-10-12(19)15(24-17)14(20)13-11-22-18(23-13)8-6-5-7-9-18/h13-15,20H,5-11H2,1-4H3/t13-,14-,15+,17+/m1/s1. The van der Waals surface area contributed by atoms with Crippen LogP contribution in [0.5, 0.6) is 0 Å². The second kappa shape index (κ2) is 6.32. The molecule has 3 aliphatic rings. The van der Waals surface area contributed by atoms with E-state index in [2.05, 4.69) is 0 Å². The van der Waals surface area contributed by atoms with E-state index in [0.29, 0.717) is 6.61 Å². The molecule has 2 aliphatic heterocycles. The zero-order valence-electron chi connectivity index (χ0n) is 15.2. The van der Waals surface area contributed by atoms with Crippen LogP contribution in [0.3, 0.4) is 0 Å². The zero-order valence-corrected chi connectivity index (χ0v) is 15.2. The molecule has 0 unspecified atom stereocenters. The monoisotopic (exact) mass is 342 g/mol. The number of hydrogen-bond donors (Lipinski definition) is 1. The van der Waals surface area contributed by atoms with Crippen LogP contribution in [0.25, 0.3) is 0 Å². The van der Waals surface area contributed by atoms with E-state index in [1.165, 1.54) is 6.42 Å². The largest absolute Gasteiger partial charge is 0.387 e. The lowest BCUT2D eigenvalue weighted by molar-refractivity contribution is -0.323. The summed E-state index contributed by atoms with van der Waals surface area (Å²) < 4.78 is 23.5. The minimum absolute atomic E-state index is 0.0613. The highest BCUT2D eigenvalue weighted by atomic mass is 16.8. The lowest BCUT2D eigenvalue weighted by atomic mass is 9.85. The minimum Gasteiger partial charge on any atom is -0.387 e. The summed E-state index contributed by atoms with van der Waals surface area (Å²) in [5.74, 6) is -1.77. The van der Waals surface area contributed by atoms with E-state index in [1.54, 1.807) is 0 Å².